The summed E-state index contributed by atoms with van der Waals surface area (Å²) in [7, 11) is 0. The van der Waals surface area contributed by atoms with Gasteiger partial charge in [-0.1, -0.05) is 157 Å². The summed E-state index contributed by atoms with van der Waals surface area (Å²) in [5.41, 5.74) is 17.7. The SMILES string of the molecule is c1ccc(-c2ccc(N3c4ccc(-c5ccccc5)cc4B4c5cc6c(cc5Oc5cccc3c54)-c3ccc(N(c4ccccc4)c4ccccc4)c4cccc(c34)S6)cc2)cc1. The largest absolute Gasteiger partial charge is 0.458 e. The van der Waals surface area contributed by atoms with Crippen molar-refractivity contribution in [2.45, 2.75) is 9.79 Å². The highest BCUT2D eigenvalue weighted by atomic mass is 32.2. The Kier molecular flexibility index (Phi) is 8.25. The van der Waals surface area contributed by atoms with E-state index >= 15 is 0 Å². The lowest BCUT2D eigenvalue weighted by Crippen LogP contribution is -2.59. The molecule has 0 spiro atoms. The minimum atomic E-state index is -0.0331. The molecule has 0 radical (unpaired) electrons. The quantitative estimate of drug-likeness (QED) is 0.155. The van der Waals surface area contributed by atoms with Gasteiger partial charge in [0.15, 0.2) is 0 Å². The van der Waals surface area contributed by atoms with Gasteiger partial charge in [0, 0.05) is 49.0 Å². The van der Waals surface area contributed by atoms with Crippen LogP contribution in [0, 0.1) is 0 Å². The molecule has 63 heavy (non-hydrogen) atoms. The fourth-order valence-corrected chi connectivity index (χ4v) is 11.3. The van der Waals surface area contributed by atoms with E-state index in [0.717, 1.165) is 39.9 Å². The number of hydrogen-bond acceptors (Lipinski definition) is 4. The summed E-state index contributed by atoms with van der Waals surface area (Å²) in [4.78, 5) is 7.31. The van der Waals surface area contributed by atoms with Crippen LogP contribution in [0.3, 0.4) is 0 Å². The van der Waals surface area contributed by atoms with Crippen molar-refractivity contribution in [2.75, 3.05) is 9.80 Å². The average Bonchev–Trinajstić information content (AvgIpc) is 3.35. The van der Waals surface area contributed by atoms with Gasteiger partial charge < -0.3 is 14.5 Å². The summed E-state index contributed by atoms with van der Waals surface area (Å²) >= 11 is 1.87. The van der Waals surface area contributed by atoms with Gasteiger partial charge in [-0.2, -0.15) is 0 Å². The highest BCUT2D eigenvalue weighted by molar-refractivity contribution is 7.99. The van der Waals surface area contributed by atoms with Gasteiger partial charge in [0.25, 0.3) is 6.71 Å². The van der Waals surface area contributed by atoms with Crippen LogP contribution in [0.1, 0.15) is 0 Å². The van der Waals surface area contributed by atoms with Gasteiger partial charge in [0.05, 0.1) is 5.69 Å². The van der Waals surface area contributed by atoms with Gasteiger partial charge in [0.2, 0.25) is 0 Å². The first-order chi connectivity index (χ1) is 31.2. The first-order valence-electron chi connectivity index (χ1n) is 21.5. The van der Waals surface area contributed by atoms with Crippen molar-refractivity contribution in [2.24, 2.45) is 0 Å². The first kappa shape index (κ1) is 36.0. The van der Waals surface area contributed by atoms with Crippen LogP contribution in [0.5, 0.6) is 11.5 Å². The first-order valence-corrected chi connectivity index (χ1v) is 22.3. The maximum absolute atomic E-state index is 7.10. The Balaban J connectivity index is 0.977. The lowest BCUT2D eigenvalue weighted by atomic mass is 9.34. The minimum absolute atomic E-state index is 0.0331. The zero-order valence-electron chi connectivity index (χ0n) is 34.2. The van der Waals surface area contributed by atoms with Crippen molar-refractivity contribution in [3.63, 3.8) is 0 Å². The van der Waals surface area contributed by atoms with E-state index in [0.29, 0.717) is 0 Å². The molecule has 0 unspecified atom stereocenters. The minimum Gasteiger partial charge on any atom is -0.458 e. The highest BCUT2D eigenvalue weighted by Gasteiger charge is 2.43. The Morgan fingerprint density at radius 1 is 0.429 bits per heavy atom. The molecule has 294 valence electrons. The van der Waals surface area contributed by atoms with Gasteiger partial charge in [0.1, 0.15) is 11.5 Å². The van der Waals surface area contributed by atoms with Crippen LogP contribution in [-0.4, -0.2) is 6.71 Å². The zero-order chi connectivity index (χ0) is 41.4. The fourth-order valence-electron chi connectivity index (χ4n) is 10.1. The van der Waals surface area contributed by atoms with Crippen molar-refractivity contribution in [3.8, 4) is 44.9 Å². The molecule has 3 aliphatic rings. The predicted molar refractivity (Wildman–Crippen MR) is 265 cm³/mol. The second-order valence-electron chi connectivity index (χ2n) is 16.4. The summed E-state index contributed by atoms with van der Waals surface area (Å²) in [5.74, 6) is 1.81. The number of benzene rings is 10. The van der Waals surface area contributed by atoms with E-state index in [2.05, 4.69) is 234 Å². The number of nitrogens with zero attached hydrogens (tertiary/aromatic N) is 2. The summed E-state index contributed by atoms with van der Waals surface area (Å²) in [6.07, 6.45) is 0. The molecular formula is C58H37BN2OS. The molecule has 0 saturated heterocycles. The van der Waals surface area contributed by atoms with E-state index < -0.39 is 0 Å². The number of para-hydroxylation sites is 2. The van der Waals surface area contributed by atoms with Crippen molar-refractivity contribution < 1.29 is 4.74 Å². The van der Waals surface area contributed by atoms with E-state index in [4.69, 9.17) is 4.74 Å². The molecule has 0 N–H and O–H groups in total. The molecule has 0 saturated carbocycles. The molecule has 13 rings (SSSR count). The summed E-state index contributed by atoms with van der Waals surface area (Å²) < 4.78 is 7.10. The molecule has 3 nitrogen and oxygen atoms in total. The number of hydrogen-bond donors (Lipinski definition) is 0. The van der Waals surface area contributed by atoms with Crippen LogP contribution in [0.25, 0.3) is 44.2 Å². The Labute approximate surface area is 371 Å². The summed E-state index contributed by atoms with van der Waals surface area (Å²) in [6, 6.07) is 81.4. The van der Waals surface area contributed by atoms with Crippen LogP contribution in [0.15, 0.2) is 234 Å². The standard InChI is InChI=1S/C58H37BN2OS/c1-5-15-38(16-6-1)40-27-30-44(31-28-40)61-51-33-29-41(39-17-7-2-8-18-39)35-48(51)59-49-37-56-47(36-54(49)62-53-25-14-24-52(61)58(53)59)45-32-34-50(46-23-13-26-55(63-56)57(45)46)60(42-19-9-3-10-20-42)43-21-11-4-12-22-43/h1-37H. The van der Waals surface area contributed by atoms with Gasteiger partial charge in [-0.15, -0.1) is 0 Å². The number of fused-ring (bicyclic) bond motifs is 6. The fraction of sp³-hybridized carbons (Fsp3) is 0. The second-order valence-corrected chi connectivity index (χ2v) is 17.5. The molecule has 0 atom stereocenters. The van der Waals surface area contributed by atoms with Crippen molar-refractivity contribution >= 4 is 79.8 Å². The zero-order valence-corrected chi connectivity index (χ0v) is 35.0. The van der Waals surface area contributed by atoms with Crippen molar-refractivity contribution in [3.05, 3.63) is 224 Å². The average molecular weight is 821 g/mol. The predicted octanol–water partition coefficient (Wildman–Crippen LogP) is 14.2. The van der Waals surface area contributed by atoms with Crippen LogP contribution >= 0.6 is 11.8 Å². The molecule has 3 aliphatic heterocycles. The van der Waals surface area contributed by atoms with Crippen molar-refractivity contribution in [1.82, 2.24) is 0 Å². The van der Waals surface area contributed by atoms with Crippen LogP contribution in [0.2, 0.25) is 0 Å². The summed E-state index contributed by atoms with van der Waals surface area (Å²) in [6.45, 7) is -0.0331. The Morgan fingerprint density at radius 3 is 1.78 bits per heavy atom. The second kappa shape index (κ2) is 14.4. The highest BCUT2D eigenvalue weighted by Crippen LogP contribution is 2.53. The van der Waals surface area contributed by atoms with Crippen LogP contribution in [0.4, 0.5) is 34.1 Å². The Morgan fingerprint density at radius 2 is 1.06 bits per heavy atom. The van der Waals surface area contributed by atoms with Gasteiger partial charge in [-0.25, -0.2) is 0 Å². The van der Waals surface area contributed by atoms with E-state index in [-0.39, 0.29) is 6.71 Å². The third-order valence-electron chi connectivity index (χ3n) is 12.9. The van der Waals surface area contributed by atoms with Gasteiger partial charge >= 0.3 is 0 Å². The van der Waals surface area contributed by atoms with Gasteiger partial charge in [-0.05, 0) is 129 Å². The Bertz CT molecular complexity index is 3360. The number of anilines is 6. The molecule has 10 aromatic rings. The van der Waals surface area contributed by atoms with E-state index in [1.807, 2.05) is 11.8 Å². The molecule has 0 aromatic heterocycles. The topological polar surface area (TPSA) is 15.7 Å². The number of ether oxygens (including phenoxy) is 1. The molecule has 0 bridgehead atoms. The maximum Gasteiger partial charge on any atom is 0.256 e. The lowest BCUT2D eigenvalue weighted by molar-refractivity contribution is 0.487. The third-order valence-corrected chi connectivity index (χ3v) is 14.0. The van der Waals surface area contributed by atoms with Crippen LogP contribution in [-0.2, 0) is 0 Å². The summed E-state index contributed by atoms with van der Waals surface area (Å²) in [5, 5.41) is 2.49. The smallest absolute Gasteiger partial charge is 0.256 e. The van der Waals surface area contributed by atoms with E-state index in [1.165, 1.54) is 76.0 Å². The third kappa shape index (κ3) is 5.77. The normalized spacial score (nSPS) is 12.8. The maximum atomic E-state index is 7.10. The van der Waals surface area contributed by atoms with E-state index in [9.17, 15) is 0 Å². The molecule has 5 heteroatoms. The number of rotatable bonds is 6. The van der Waals surface area contributed by atoms with Gasteiger partial charge in [-0.3, -0.25) is 0 Å². The Hall–Kier alpha value is -7.73. The monoisotopic (exact) mass is 820 g/mol. The molecule has 0 amide bonds. The molecule has 0 fully saturated rings. The van der Waals surface area contributed by atoms with Crippen LogP contribution < -0.4 is 30.9 Å². The van der Waals surface area contributed by atoms with Crippen molar-refractivity contribution in [1.29, 1.82) is 0 Å². The van der Waals surface area contributed by atoms with E-state index in [1.54, 1.807) is 0 Å². The molecular weight excluding hydrogens is 784 g/mol. The molecule has 0 aliphatic carbocycles. The lowest BCUT2D eigenvalue weighted by Gasteiger charge is -2.40. The molecule has 3 heterocycles. The molecule has 10 aromatic carbocycles.